The van der Waals surface area contributed by atoms with Crippen molar-refractivity contribution in [2.45, 2.75) is 13.0 Å². The first-order chi connectivity index (χ1) is 10.6. The third-order valence-corrected chi connectivity index (χ3v) is 3.41. The maximum Gasteiger partial charge on any atom is 0.174 e. The highest BCUT2D eigenvalue weighted by atomic mass is 32.1. The fourth-order valence-corrected chi connectivity index (χ4v) is 2.24. The molecule has 2 N–H and O–H groups in total. The summed E-state index contributed by atoms with van der Waals surface area (Å²) in [7, 11) is 3.24. The SMILES string of the molecule is COc1ccc([C@@H](C)NC(=S)Nc2ncccc2OC)cc1. The van der Waals surface area contributed by atoms with Gasteiger partial charge in [0, 0.05) is 6.20 Å². The Morgan fingerprint density at radius 3 is 2.50 bits per heavy atom. The number of nitrogens with one attached hydrogen (secondary N) is 2. The van der Waals surface area contributed by atoms with Crippen molar-refractivity contribution in [3.8, 4) is 11.5 Å². The number of hydrogen-bond donors (Lipinski definition) is 2. The highest BCUT2D eigenvalue weighted by Gasteiger charge is 2.10. The second kappa shape index (κ2) is 7.61. The molecule has 0 amide bonds. The maximum absolute atomic E-state index is 5.33. The molecule has 0 fully saturated rings. The Kier molecular flexibility index (Phi) is 5.55. The normalized spacial score (nSPS) is 11.4. The van der Waals surface area contributed by atoms with Crippen molar-refractivity contribution in [1.29, 1.82) is 0 Å². The monoisotopic (exact) mass is 317 g/mol. The van der Waals surface area contributed by atoms with Crippen LogP contribution in [0.25, 0.3) is 0 Å². The lowest BCUT2D eigenvalue weighted by atomic mass is 10.1. The van der Waals surface area contributed by atoms with Gasteiger partial charge in [-0.3, -0.25) is 0 Å². The second-order valence-electron chi connectivity index (χ2n) is 4.65. The minimum absolute atomic E-state index is 0.0561. The molecule has 0 saturated heterocycles. The van der Waals surface area contributed by atoms with Crippen LogP contribution >= 0.6 is 12.2 Å². The van der Waals surface area contributed by atoms with E-state index >= 15 is 0 Å². The van der Waals surface area contributed by atoms with Crippen LogP contribution in [0, 0.1) is 0 Å². The van der Waals surface area contributed by atoms with Gasteiger partial charge in [0.1, 0.15) is 5.75 Å². The standard InChI is InChI=1S/C16H19N3O2S/c1-11(12-6-8-13(20-2)9-7-12)18-16(22)19-15-14(21-3)5-4-10-17-15/h4-11H,1-3H3,(H2,17,18,19,22)/t11-/m1/s1. The zero-order valence-electron chi connectivity index (χ0n) is 12.8. The smallest absolute Gasteiger partial charge is 0.174 e. The average molecular weight is 317 g/mol. The van der Waals surface area contributed by atoms with E-state index < -0.39 is 0 Å². The van der Waals surface area contributed by atoms with Crippen LogP contribution in [0.5, 0.6) is 11.5 Å². The molecule has 22 heavy (non-hydrogen) atoms. The maximum atomic E-state index is 5.33. The molecule has 5 nitrogen and oxygen atoms in total. The van der Waals surface area contributed by atoms with E-state index in [-0.39, 0.29) is 6.04 Å². The Morgan fingerprint density at radius 2 is 1.86 bits per heavy atom. The lowest BCUT2D eigenvalue weighted by Gasteiger charge is -2.18. The van der Waals surface area contributed by atoms with E-state index in [0.29, 0.717) is 16.7 Å². The molecule has 0 radical (unpaired) electrons. The summed E-state index contributed by atoms with van der Waals surface area (Å²) in [6, 6.07) is 11.5. The van der Waals surface area contributed by atoms with E-state index in [1.807, 2.05) is 37.3 Å². The first kappa shape index (κ1) is 16.0. The number of thiocarbonyl (C=S) groups is 1. The Labute approximate surface area is 135 Å². The molecule has 6 heteroatoms. The number of hydrogen-bond acceptors (Lipinski definition) is 4. The number of anilines is 1. The van der Waals surface area contributed by atoms with Crippen LogP contribution < -0.4 is 20.1 Å². The summed E-state index contributed by atoms with van der Waals surface area (Å²) in [5.41, 5.74) is 1.11. The van der Waals surface area contributed by atoms with Crippen LogP contribution in [0.15, 0.2) is 42.6 Å². The number of aromatic nitrogens is 1. The molecule has 1 aromatic carbocycles. The molecule has 0 bridgehead atoms. The summed E-state index contributed by atoms with van der Waals surface area (Å²) in [6.07, 6.45) is 1.68. The molecular weight excluding hydrogens is 298 g/mol. The van der Waals surface area contributed by atoms with Gasteiger partial charge >= 0.3 is 0 Å². The largest absolute Gasteiger partial charge is 0.497 e. The van der Waals surface area contributed by atoms with Gasteiger partial charge in [-0.15, -0.1) is 0 Å². The fourth-order valence-electron chi connectivity index (χ4n) is 1.97. The topological polar surface area (TPSA) is 55.4 Å². The van der Waals surface area contributed by atoms with E-state index in [1.165, 1.54) is 0 Å². The van der Waals surface area contributed by atoms with Crippen LogP contribution in [-0.2, 0) is 0 Å². The molecule has 116 valence electrons. The van der Waals surface area contributed by atoms with Crippen molar-refractivity contribution in [2.24, 2.45) is 0 Å². The lowest BCUT2D eigenvalue weighted by molar-refractivity contribution is 0.414. The van der Waals surface area contributed by atoms with Gasteiger partial charge in [-0.2, -0.15) is 0 Å². The molecule has 0 spiro atoms. The Hall–Kier alpha value is -2.34. The quantitative estimate of drug-likeness (QED) is 0.826. The molecule has 0 aliphatic heterocycles. The molecule has 2 aromatic rings. The minimum Gasteiger partial charge on any atom is -0.497 e. The third kappa shape index (κ3) is 4.08. The summed E-state index contributed by atoms with van der Waals surface area (Å²) < 4.78 is 10.4. The molecule has 1 aromatic heterocycles. The van der Waals surface area contributed by atoms with Crippen molar-refractivity contribution in [1.82, 2.24) is 10.3 Å². The predicted molar refractivity (Wildman–Crippen MR) is 91.6 cm³/mol. The third-order valence-electron chi connectivity index (χ3n) is 3.19. The molecule has 0 aliphatic carbocycles. The van der Waals surface area contributed by atoms with Crippen molar-refractivity contribution in [2.75, 3.05) is 19.5 Å². The van der Waals surface area contributed by atoms with Crippen molar-refractivity contribution in [3.05, 3.63) is 48.2 Å². The number of ether oxygens (including phenoxy) is 2. The summed E-state index contributed by atoms with van der Waals surface area (Å²) >= 11 is 5.33. The number of pyridine rings is 1. The van der Waals surface area contributed by atoms with E-state index in [9.17, 15) is 0 Å². The number of methoxy groups -OCH3 is 2. The van der Waals surface area contributed by atoms with E-state index in [1.54, 1.807) is 26.5 Å². The molecule has 0 unspecified atom stereocenters. The van der Waals surface area contributed by atoms with E-state index in [0.717, 1.165) is 11.3 Å². The molecule has 0 saturated carbocycles. The lowest BCUT2D eigenvalue weighted by Crippen LogP contribution is -2.31. The van der Waals surface area contributed by atoms with E-state index in [4.69, 9.17) is 21.7 Å². The van der Waals surface area contributed by atoms with Crippen molar-refractivity contribution >= 4 is 23.1 Å². The van der Waals surface area contributed by atoms with Gasteiger partial charge in [0.2, 0.25) is 0 Å². The Bertz CT molecular complexity index is 632. The van der Waals surface area contributed by atoms with Gasteiger partial charge in [0.25, 0.3) is 0 Å². The van der Waals surface area contributed by atoms with Gasteiger partial charge in [-0.25, -0.2) is 4.98 Å². The first-order valence-corrected chi connectivity index (χ1v) is 7.25. The Morgan fingerprint density at radius 1 is 1.14 bits per heavy atom. The molecule has 1 atom stereocenters. The summed E-state index contributed by atoms with van der Waals surface area (Å²) in [6.45, 7) is 2.03. The molecule has 2 rings (SSSR count). The highest BCUT2D eigenvalue weighted by Crippen LogP contribution is 2.21. The minimum atomic E-state index is 0.0561. The summed E-state index contributed by atoms with van der Waals surface area (Å²) in [4.78, 5) is 4.21. The Balaban J connectivity index is 1.98. The zero-order valence-corrected chi connectivity index (χ0v) is 13.6. The molecular formula is C16H19N3O2S. The van der Waals surface area contributed by atoms with Crippen LogP contribution in [0.2, 0.25) is 0 Å². The zero-order chi connectivity index (χ0) is 15.9. The van der Waals surface area contributed by atoms with E-state index in [2.05, 4.69) is 15.6 Å². The number of rotatable bonds is 5. The number of benzene rings is 1. The van der Waals surface area contributed by atoms with Gasteiger partial charge in [-0.05, 0) is 49.0 Å². The van der Waals surface area contributed by atoms with Gasteiger partial charge in [-0.1, -0.05) is 12.1 Å². The van der Waals surface area contributed by atoms with Crippen LogP contribution in [0.4, 0.5) is 5.82 Å². The van der Waals surface area contributed by atoms with Gasteiger partial charge in [0.05, 0.1) is 20.3 Å². The van der Waals surface area contributed by atoms with Crippen LogP contribution in [-0.4, -0.2) is 24.3 Å². The van der Waals surface area contributed by atoms with Crippen molar-refractivity contribution < 1.29 is 9.47 Å². The molecule has 0 aliphatic rings. The predicted octanol–water partition coefficient (Wildman–Crippen LogP) is 3.15. The fraction of sp³-hybridized carbons (Fsp3) is 0.250. The van der Waals surface area contributed by atoms with Gasteiger partial charge < -0.3 is 20.1 Å². The van der Waals surface area contributed by atoms with Crippen LogP contribution in [0.3, 0.4) is 0 Å². The van der Waals surface area contributed by atoms with Crippen molar-refractivity contribution in [3.63, 3.8) is 0 Å². The summed E-state index contributed by atoms with van der Waals surface area (Å²) in [5, 5.41) is 6.75. The number of nitrogens with zero attached hydrogens (tertiary/aromatic N) is 1. The highest BCUT2D eigenvalue weighted by molar-refractivity contribution is 7.80. The molecule has 1 heterocycles. The van der Waals surface area contributed by atoms with Crippen LogP contribution in [0.1, 0.15) is 18.5 Å². The summed E-state index contributed by atoms with van der Waals surface area (Å²) in [5.74, 6) is 2.06. The average Bonchev–Trinajstić information content (AvgIpc) is 2.55. The first-order valence-electron chi connectivity index (χ1n) is 6.84. The second-order valence-corrected chi connectivity index (χ2v) is 5.06. The van der Waals surface area contributed by atoms with Gasteiger partial charge in [0.15, 0.2) is 16.7 Å².